The zero-order valence-corrected chi connectivity index (χ0v) is 17.1. The average molecular weight is 404 g/mol. The average Bonchev–Trinajstić information content (AvgIpc) is 3.29. The van der Waals surface area contributed by atoms with Gasteiger partial charge >= 0.3 is 0 Å². The third-order valence-corrected chi connectivity index (χ3v) is 7.57. The van der Waals surface area contributed by atoms with Crippen LogP contribution in [0.2, 0.25) is 0 Å². The van der Waals surface area contributed by atoms with Crippen molar-refractivity contribution in [3.8, 4) is 0 Å². The normalized spacial score (nSPS) is 17.2. The van der Waals surface area contributed by atoms with Crippen molar-refractivity contribution in [1.29, 1.82) is 0 Å². The van der Waals surface area contributed by atoms with Gasteiger partial charge in [-0.25, -0.2) is 4.98 Å². The first-order chi connectivity index (χ1) is 13.2. The lowest BCUT2D eigenvalue weighted by Crippen LogP contribution is -2.34. The number of hydrogen-bond donors (Lipinski definition) is 1. The molecule has 1 saturated carbocycles. The number of nitrogens with one attached hydrogen (secondary N) is 1. The Bertz CT molecular complexity index is 925. The number of carbonyl (C=O) groups is 1. The van der Waals surface area contributed by atoms with Crippen LogP contribution < -0.4 is 10.9 Å². The number of amides is 1. The predicted molar refractivity (Wildman–Crippen MR) is 112 cm³/mol. The summed E-state index contributed by atoms with van der Waals surface area (Å²) < 4.78 is 1.67. The zero-order valence-electron chi connectivity index (χ0n) is 15.5. The molecule has 5 nitrogen and oxygen atoms in total. The highest BCUT2D eigenvalue weighted by Crippen LogP contribution is 2.34. The van der Waals surface area contributed by atoms with E-state index in [2.05, 4.69) is 11.9 Å². The van der Waals surface area contributed by atoms with Crippen LogP contribution in [0.25, 0.3) is 10.2 Å². The summed E-state index contributed by atoms with van der Waals surface area (Å²) in [5, 5.41) is 4.51. The topological polar surface area (TPSA) is 64.0 Å². The Labute approximate surface area is 167 Å². The van der Waals surface area contributed by atoms with Crippen LogP contribution in [0, 0.1) is 0 Å². The van der Waals surface area contributed by atoms with Crippen LogP contribution in [-0.2, 0) is 24.2 Å². The lowest BCUT2D eigenvalue weighted by Gasteiger charge is -2.13. The number of allylic oxidation sites excluding steroid dienone is 1. The third-order valence-electron chi connectivity index (χ3n) is 5.40. The van der Waals surface area contributed by atoms with Crippen molar-refractivity contribution in [1.82, 2.24) is 14.9 Å². The molecule has 4 rings (SSSR count). The lowest BCUT2D eigenvalue weighted by molar-refractivity contribution is -0.119. The fourth-order valence-electron chi connectivity index (χ4n) is 4.09. The van der Waals surface area contributed by atoms with E-state index in [0.29, 0.717) is 17.7 Å². The Hall–Kier alpha value is -1.60. The Morgan fingerprint density at radius 1 is 1.30 bits per heavy atom. The molecule has 0 aliphatic heterocycles. The van der Waals surface area contributed by atoms with Gasteiger partial charge in [-0.05, 0) is 44.1 Å². The number of thiophene rings is 1. The number of rotatable bonds is 6. The molecule has 0 radical (unpaired) electrons. The van der Waals surface area contributed by atoms with E-state index in [4.69, 9.17) is 4.98 Å². The van der Waals surface area contributed by atoms with E-state index in [-0.39, 0.29) is 17.2 Å². The van der Waals surface area contributed by atoms with Gasteiger partial charge in [0.25, 0.3) is 5.56 Å². The second-order valence-electron chi connectivity index (χ2n) is 7.33. The third kappa shape index (κ3) is 3.85. The Kier molecular flexibility index (Phi) is 5.68. The molecule has 7 heteroatoms. The Morgan fingerprint density at radius 3 is 2.85 bits per heavy atom. The van der Waals surface area contributed by atoms with Crippen molar-refractivity contribution < 1.29 is 4.79 Å². The van der Waals surface area contributed by atoms with Crippen molar-refractivity contribution in [2.75, 3.05) is 5.75 Å². The maximum Gasteiger partial charge on any atom is 0.263 e. The van der Waals surface area contributed by atoms with Gasteiger partial charge < -0.3 is 5.32 Å². The highest BCUT2D eigenvalue weighted by molar-refractivity contribution is 7.99. The highest BCUT2D eigenvalue weighted by Gasteiger charge is 2.23. The molecule has 2 aliphatic carbocycles. The second kappa shape index (κ2) is 8.19. The Morgan fingerprint density at radius 2 is 2.07 bits per heavy atom. The number of thioether (sulfide) groups is 1. The molecule has 1 N–H and O–H groups in total. The molecule has 0 saturated heterocycles. The standard InChI is InChI=1S/C20H25N3O2S2/c1-2-11-23-19(25)17-14-9-5-6-10-15(14)27-18(17)22-20(23)26-12-16(24)21-13-7-3-4-8-13/h2,13H,1,3-12H2,(H,21,24). The van der Waals surface area contributed by atoms with E-state index in [0.717, 1.165) is 42.3 Å². The summed E-state index contributed by atoms with van der Waals surface area (Å²) in [7, 11) is 0. The first-order valence-corrected chi connectivity index (χ1v) is 11.6. The summed E-state index contributed by atoms with van der Waals surface area (Å²) in [6.07, 6.45) is 10.6. The van der Waals surface area contributed by atoms with Crippen LogP contribution in [0.5, 0.6) is 0 Å². The molecule has 2 heterocycles. The van der Waals surface area contributed by atoms with Crippen molar-refractivity contribution in [2.45, 2.75) is 69.1 Å². The fraction of sp³-hybridized carbons (Fsp3) is 0.550. The molecule has 0 unspecified atom stereocenters. The van der Waals surface area contributed by atoms with Crippen molar-refractivity contribution >= 4 is 39.2 Å². The summed E-state index contributed by atoms with van der Waals surface area (Å²) in [5.74, 6) is 0.313. The minimum Gasteiger partial charge on any atom is -0.353 e. The van der Waals surface area contributed by atoms with Gasteiger partial charge in [-0.15, -0.1) is 17.9 Å². The molecule has 2 aromatic rings. The number of nitrogens with zero attached hydrogens (tertiary/aromatic N) is 2. The molecule has 0 aromatic carbocycles. The molecule has 2 aliphatic rings. The summed E-state index contributed by atoms with van der Waals surface area (Å²) in [6.45, 7) is 4.20. The summed E-state index contributed by atoms with van der Waals surface area (Å²) in [6, 6.07) is 0.313. The summed E-state index contributed by atoms with van der Waals surface area (Å²) in [4.78, 5) is 32.4. The highest BCUT2D eigenvalue weighted by atomic mass is 32.2. The minimum atomic E-state index is 0.0120. The van der Waals surface area contributed by atoms with E-state index in [1.54, 1.807) is 22.0 Å². The molecule has 27 heavy (non-hydrogen) atoms. The number of carbonyl (C=O) groups excluding carboxylic acids is 1. The lowest BCUT2D eigenvalue weighted by atomic mass is 9.97. The molecule has 144 valence electrons. The smallest absolute Gasteiger partial charge is 0.263 e. The van der Waals surface area contributed by atoms with Crippen molar-refractivity contribution in [2.24, 2.45) is 0 Å². The monoisotopic (exact) mass is 403 g/mol. The van der Waals surface area contributed by atoms with Gasteiger partial charge in [0, 0.05) is 17.5 Å². The summed E-state index contributed by atoms with van der Waals surface area (Å²) in [5.41, 5.74) is 1.21. The largest absolute Gasteiger partial charge is 0.353 e. The van der Waals surface area contributed by atoms with Gasteiger partial charge in [-0.3, -0.25) is 14.2 Å². The van der Waals surface area contributed by atoms with Crippen LogP contribution in [0.15, 0.2) is 22.6 Å². The fourth-order valence-corrected chi connectivity index (χ4v) is 6.21. The molecule has 0 spiro atoms. The molecule has 0 atom stereocenters. The first kappa shape index (κ1) is 18.7. The molecular weight excluding hydrogens is 378 g/mol. The molecule has 1 fully saturated rings. The van der Waals surface area contributed by atoms with Crippen LogP contribution in [0.4, 0.5) is 0 Å². The van der Waals surface area contributed by atoms with E-state index in [1.165, 1.54) is 41.5 Å². The number of hydrogen-bond acceptors (Lipinski definition) is 5. The molecular formula is C20H25N3O2S2. The molecule has 2 aromatic heterocycles. The van der Waals surface area contributed by atoms with Gasteiger partial charge in [0.2, 0.25) is 5.91 Å². The van der Waals surface area contributed by atoms with E-state index >= 15 is 0 Å². The van der Waals surface area contributed by atoms with Gasteiger partial charge in [0.1, 0.15) is 4.83 Å². The quantitative estimate of drug-likeness (QED) is 0.454. The van der Waals surface area contributed by atoms with Gasteiger partial charge in [-0.2, -0.15) is 0 Å². The molecule has 0 bridgehead atoms. The van der Waals surface area contributed by atoms with Gasteiger partial charge in [0.05, 0.1) is 11.1 Å². The maximum atomic E-state index is 13.2. The van der Waals surface area contributed by atoms with Crippen molar-refractivity contribution in [3.63, 3.8) is 0 Å². The first-order valence-electron chi connectivity index (χ1n) is 9.75. The van der Waals surface area contributed by atoms with Gasteiger partial charge in [-0.1, -0.05) is 30.7 Å². The van der Waals surface area contributed by atoms with E-state index in [1.807, 2.05) is 0 Å². The van der Waals surface area contributed by atoms with Crippen LogP contribution in [-0.4, -0.2) is 27.3 Å². The second-order valence-corrected chi connectivity index (χ2v) is 9.35. The van der Waals surface area contributed by atoms with Crippen LogP contribution >= 0.6 is 23.1 Å². The zero-order chi connectivity index (χ0) is 18.8. The van der Waals surface area contributed by atoms with E-state index < -0.39 is 0 Å². The number of aryl methyl sites for hydroxylation is 2. The predicted octanol–water partition coefficient (Wildman–Crippen LogP) is 3.67. The van der Waals surface area contributed by atoms with Gasteiger partial charge in [0.15, 0.2) is 5.16 Å². The van der Waals surface area contributed by atoms with E-state index in [9.17, 15) is 9.59 Å². The maximum absolute atomic E-state index is 13.2. The Balaban J connectivity index is 1.61. The van der Waals surface area contributed by atoms with Crippen LogP contribution in [0.3, 0.4) is 0 Å². The number of aromatic nitrogens is 2. The summed E-state index contributed by atoms with van der Waals surface area (Å²) >= 11 is 3.00. The van der Waals surface area contributed by atoms with Crippen molar-refractivity contribution in [3.05, 3.63) is 33.4 Å². The number of fused-ring (bicyclic) bond motifs is 3. The van der Waals surface area contributed by atoms with Crippen LogP contribution in [0.1, 0.15) is 49.0 Å². The minimum absolute atomic E-state index is 0.0120. The SMILES string of the molecule is C=CCn1c(SCC(=O)NC2CCCC2)nc2sc3c(c2c1=O)CCCC3. The molecule has 1 amide bonds.